The summed E-state index contributed by atoms with van der Waals surface area (Å²) in [6.45, 7) is 0. The molecule has 0 fully saturated rings. The lowest BCUT2D eigenvalue weighted by Crippen LogP contribution is -2.27. The Bertz CT molecular complexity index is 612. The SMILES string of the molecule is COc1cc(I)ccc1/C([O-])=N/S(=O)(=O)C(F)(F)F. The minimum atomic E-state index is -5.86. The molecular formula is C9H6F3INO4S-. The first-order chi connectivity index (χ1) is 8.58. The summed E-state index contributed by atoms with van der Waals surface area (Å²) in [5.41, 5.74) is -5.98. The Morgan fingerprint density at radius 2 is 2.00 bits per heavy atom. The highest BCUT2D eigenvalue weighted by Crippen LogP contribution is 2.26. The second-order valence-corrected chi connectivity index (χ2v) is 6.00. The van der Waals surface area contributed by atoms with E-state index < -0.39 is 21.4 Å². The summed E-state index contributed by atoms with van der Waals surface area (Å²) in [6, 6.07) is 3.91. The number of nitrogens with zero attached hydrogens (tertiary/aromatic N) is 1. The summed E-state index contributed by atoms with van der Waals surface area (Å²) in [5.74, 6) is -1.59. The first-order valence-corrected chi connectivity index (χ1v) is 7.02. The molecule has 1 aromatic carbocycles. The number of rotatable bonds is 3. The van der Waals surface area contributed by atoms with E-state index in [1.165, 1.54) is 19.2 Å². The van der Waals surface area contributed by atoms with Gasteiger partial charge in [-0.25, -0.2) is 0 Å². The van der Waals surface area contributed by atoms with Crippen LogP contribution in [0.4, 0.5) is 13.2 Å². The Balaban J connectivity index is 3.32. The van der Waals surface area contributed by atoms with Gasteiger partial charge in [0.2, 0.25) is 0 Å². The summed E-state index contributed by atoms with van der Waals surface area (Å²) in [4.78, 5) is 0. The van der Waals surface area contributed by atoms with Crippen LogP contribution < -0.4 is 9.84 Å². The van der Waals surface area contributed by atoms with Crippen molar-refractivity contribution < 1.29 is 31.4 Å². The predicted octanol–water partition coefficient (Wildman–Crippen LogP) is 1.26. The highest BCUT2D eigenvalue weighted by molar-refractivity contribution is 14.1. The Kier molecular flexibility index (Phi) is 4.66. The van der Waals surface area contributed by atoms with Crippen molar-refractivity contribution in [3.8, 4) is 5.75 Å². The maximum absolute atomic E-state index is 12.1. The molecule has 0 unspecified atom stereocenters. The molecule has 0 bridgehead atoms. The number of halogens is 4. The zero-order valence-electron chi connectivity index (χ0n) is 9.23. The van der Waals surface area contributed by atoms with E-state index in [1.54, 1.807) is 0 Å². The van der Waals surface area contributed by atoms with Crippen LogP contribution in [0.15, 0.2) is 22.6 Å². The summed E-state index contributed by atoms with van der Waals surface area (Å²) < 4.78 is 65.4. The van der Waals surface area contributed by atoms with E-state index in [0.29, 0.717) is 3.57 Å². The lowest BCUT2D eigenvalue weighted by Gasteiger charge is -2.15. The molecule has 0 N–H and O–H groups in total. The topological polar surface area (TPSA) is 78.8 Å². The third-order valence-corrected chi connectivity index (χ3v) is 3.55. The molecule has 0 amide bonds. The van der Waals surface area contributed by atoms with Gasteiger partial charge in [0.25, 0.3) is 0 Å². The molecule has 0 atom stereocenters. The van der Waals surface area contributed by atoms with Gasteiger partial charge in [0.15, 0.2) is 0 Å². The van der Waals surface area contributed by atoms with Gasteiger partial charge in [0, 0.05) is 15.0 Å². The Labute approximate surface area is 120 Å². The zero-order chi connectivity index (χ0) is 14.8. The van der Waals surface area contributed by atoms with E-state index in [-0.39, 0.29) is 11.3 Å². The number of sulfonamides is 1. The van der Waals surface area contributed by atoms with Crippen LogP contribution in [0.5, 0.6) is 5.75 Å². The van der Waals surface area contributed by atoms with E-state index in [2.05, 4.69) is 4.40 Å². The second kappa shape index (κ2) is 5.53. The predicted molar refractivity (Wildman–Crippen MR) is 67.2 cm³/mol. The van der Waals surface area contributed by atoms with Crippen molar-refractivity contribution >= 4 is 38.5 Å². The van der Waals surface area contributed by atoms with Crippen LogP contribution >= 0.6 is 22.6 Å². The van der Waals surface area contributed by atoms with Crippen LogP contribution in [0.3, 0.4) is 0 Å². The summed E-state index contributed by atoms with van der Waals surface area (Å²) in [6.07, 6.45) is 0. The van der Waals surface area contributed by atoms with E-state index in [4.69, 9.17) is 4.74 Å². The average molecular weight is 408 g/mol. The summed E-state index contributed by atoms with van der Waals surface area (Å²) in [5, 5.41) is 11.5. The van der Waals surface area contributed by atoms with Crippen LogP contribution in [0.1, 0.15) is 5.56 Å². The van der Waals surface area contributed by atoms with Crippen LogP contribution in [0.2, 0.25) is 0 Å². The molecule has 0 spiro atoms. The molecule has 19 heavy (non-hydrogen) atoms. The number of ether oxygens (including phenoxy) is 1. The highest BCUT2D eigenvalue weighted by atomic mass is 127. The van der Waals surface area contributed by atoms with Crippen molar-refractivity contribution in [2.75, 3.05) is 7.11 Å². The molecule has 10 heteroatoms. The van der Waals surface area contributed by atoms with Crippen LogP contribution in [0, 0.1) is 3.57 Å². The van der Waals surface area contributed by atoms with Gasteiger partial charge in [-0.3, -0.25) is 0 Å². The number of alkyl halides is 3. The summed E-state index contributed by atoms with van der Waals surface area (Å²) >= 11 is 1.89. The number of hydrogen-bond donors (Lipinski definition) is 0. The van der Waals surface area contributed by atoms with Gasteiger partial charge in [-0.1, -0.05) is 0 Å². The monoisotopic (exact) mass is 408 g/mol. The van der Waals surface area contributed by atoms with E-state index >= 15 is 0 Å². The maximum atomic E-state index is 12.1. The average Bonchev–Trinajstić information content (AvgIpc) is 2.26. The van der Waals surface area contributed by atoms with Gasteiger partial charge in [0.1, 0.15) is 5.75 Å². The third-order valence-electron chi connectivity index (χ3n) is 1.89. The van der Waals surface area contributed by atoms with Gasteiger partial charge in [0.05, 0.1) is 7.11 Å². The van der Waals surface area contributed by atoms with Crippen LogP contribution in [0.25, 0.3) is 0 Å². The fourth-order valence-electron chi connectivity index (χ4n) is 1.05. The largest absolute Gasteiger partial charge is 0.858 e. The van der Waals surface area contributed by atoms with Gasteiger partial charge in [-0.15, -0.1) is 0 Å². The molecule has 1 aromatic rings. The maximum Gasteiger partial charge on any atom is 0.518 e. The molecule has 0 heterocycles. The molecule has 0 aliphatic rings. The molecule has 0 aliphatic heterocycles. The van der Waals surface area contributed by atoms with Crippen molar-refractivity contribution in [3.63, 3.8) is 0 Å². The van der Waals surface area contributed by atoms with Crippen LogP contribution in [-0.2, 0) is 10.0 Å². The first kappa shape index (κ1) is 16.0. The molecular weight excluding hydrogens is 402 g/mol. The lowest BCUT2D eigenvalue weighted by atomic mass is 10.2. The summed E-state index contributed by atoms with van der Waals surface area (Å²) in [7, 11) is -4.67. The molecule has 0 saturated carbocycles. The molecule has 5 nitrogen and oxygen atoms in total. The van der Waals surface area contributed by atoms with Crippen molar-refractivity contribution in [3.05, 3.63) is 27.3 Å². The minimum Gasteiger partial charge on any atom is -0.858 e. The van der Waals surface area contributed by atoms with Gasteiger partial charge in [-0.2, -0.15) is 26.0 Å². The smallest absolute Gasteiger partial charge is 0.518 e. The zero-order valence-corrected chi connectivity index (χ0v) is 12.2. The number of methoxy groups -OCH3 is 1. The molecule has 106 valence electrons. The normalized spacial score (nSPS) is 13.4. The molecule has 1 rings (SSSR count). The van der Waals surface area contributed by atoms with E-state index in [0.717, 1.165) is 6.07 Å². The fourth-order valence-corrected chi connectivity index (χ4v) is 1.93. The standard InChI is InChI=1S/C9H7F3INO4S/c1-18-7-4-5(13)2-3-6(7)8(15)14-19(16,17)9(10,11)12/h2-4H,1H3,(H,14,15)/p-1. The van der Waals surface area contributed by atoms with Gasteiger partial charge < -0.3 is 9.84 Å². The van der Waals surface area contributed by atoms with Crippen molar-refractivity contribution in [1.82, 2.24) is 0 Å². The van der Waals surface area contributed by atoms with E-state index in [1.807, 2.05) is 22.6 Å². The Morgan fingerprint density at radius 3 is 2.47 bits per heavy atom. The first-order valence-electron chi connectivity index (χ1n) is 4.50. The van der Waals surface area contributed by atoms with Gasteiger partial charge in [-0.05, 0) is 40.8 Å². The molecule has 0 aromatic heterocycles. The Hall–Kier alpha value is -1.04. The quantitative estimate of drug-likeness (QED) is 0.429. The lowest BCUT2D eigenvalue weighted by molar-refractivity contribution is -0.212. The Morgan fingerprint density at radius 1 is 1.42 bits per heavy atom. The van der Waals surface area contributed by atoms with Crippen molar-refractivity contribution in [2.45, 2.75) is 5.51 Å². The minimum absolute atomic E-state index is 0.0574. The fraction of sp³-hybridized carbons (Fsp3) is 0.222. The third kappa shape index (κ3) is 3.72. The van der Waals surface area contributed by atoms with Crippen molar-refractivity contribution in [2.24, 2.45) is 4.40 Å². The van der Waals surface area contributed by atoms with Gasteiger partial charge >= 0.3 is 15.5 Å². The highest BCUT2D eigenvalue weighted by Gasteiger charge is 2.45. The molecule has 0 radical (unpaired) electrons. The van der Waals surface area contributed by atoms with E-state index in [9.17, 15) is 26.7 Å². The second-order valence-electron chi connectivity index (χ2n) is 3.16. The number of hydrogen-bond acceptors (Lipinski definition) is 4. The number of benzene rings is 1. The van der Waals surface area contributed by atoms with Crippen LogP contribution in [-0.4, -0.2) is 26.9 Å². The molecule has 0 aliphatic carbocycles. The molecule has 0 saturated heterocycles. The van der Waals surface area contributed by atoms with Crippen molar-refractivity contribution in [1.29, 1.82) is 0 Å².